The van der Waals surface area contributed by atoms with Crippen LogP contribution in [0.5, 0.6) is 0 Å². The van der Waals surface area contributed by atoms with Gasteiger partial charge in [0.25, 0.3) is 0 Å². The van der Waals surface area contributed by atoms with E-state index in [9.17, 15) is 9.59 Å². The van der Waals surface area contributed by atoms with Crippen LogP contribution in [0.4, 0.5) is 16.2 Å². The Morgan fingerprint density at radius 2 is 1.89 bits per heavy atom. The van der Waals surface area contributed by atoms with Gasteiger partial charge in [-0.25, -0.2) is 15.0 Å². The molecule has 0 saturated heterocycles. The number of nitrogens with zero attached hydrogens (tertiary/aromatic N) is 1. The summed E-state index contributed by atoms with van der Waals surface area (Å²) in [6, 6.07) is 11.1. The fourth-order valence-corrected chi connectivity index (χ4v) is 3.92. The number of ether oxygens (including phenoxy) is 1. The molecule has 27 heavy (non-hydrogen) atoms. The molecule has 142 valence electrons. The van der Waals surface area contributed by atoms with E-state index in [4.69, 9.17) is 27.9 Å². The summed E-state index contributed by atoms with van der Waals surface area (Å²) in [6.45, 7) is 1.97. The SMILES string of the molecule is COC(=O)C1CC(C)c2c(Cl)cc(Cl)cc2N1NC(=O)Nc1ccccc1. The Balaban J connectivity index is 1.95. The summed E-state index contributed by atoms with van der Waals surface area (Å²) in [6.07, 6.45) is 0.437. The Bertz CT molecular complexity index is 861. The number of nitrogens with one attached hydrogen (secondary N) is 2. The number of halogens is 2. The average molecular weight is 408 g/mol. The molecule has 0 spiro atoms. The van der Waals surface area contributed by atoms with Gasteiger partial charge in [-0.05, 0) is 42.2 Å². The molecule has 0 aromatic heterocycles. The molecule has 1 heterocycles. The molecule has 6 nitrogen and oxygen atoms in total. The number of anilines is 2. The van der Waals surface area contributed by atoms with E-state index in [1.165, 1.54) is 12.1 Å². The monoisotopic (exact) mass is 407 g/mol. The summed E-state index contributed by atoms with van der Waals surface area (Å²) < 4.78 is 4.93. The van der Waals surface area contributed by atoms with Crippen LogP contribution in [-0.4, -0.2) is 25.2 Å². The molecule has 2 unspecified atom stereocenters. The van der Waals surface area contributed by atoms with Crippen molar-refractivity contribution in [3.8, 4) is 0 Å². The van der Waals surface area contributed by atoms with Crippen molar-refractivity contribution in [1.82, 2.24) is 5.43 Å². The highest BCUT2D eigenvalue weighted by Crippen LogP contribution is 2.43. The zero-order valence-corrected chi connectivity index (χ0v) is 16.3. The highest BCUT2D eigenvalue weighted by atomic mass is 35.5. The first-order chi connectivity index (χ1) is 12.9. The quantitative estimate of drug-likeness (QED) is 0.730. The first-order valence-electron chi connectivity index (χ1n) is 8.39. The molecule has 1 aliphatic rings. The molecule has 1 aliphatic heterocycles. The highest BCUT2D eigenvalue weighted by molar-refractivity contribution is 6.35. The minimum Gasteiger partial charge on any atom is -0.467 e. The number of hydrogen-bond donors (Lipinski definition) is 2. The summed E-state index contributed by atoms with van der Waals surface area (Å²) >= 11 is 12.5. The number of benzene rings is 2. The Labute approximate surface area is 167 Å². The first kappa shape index (κ1) is 19.3. The van der Waals surface area contributed by atoms with E-state index in [-0.39, 0.29) is 5.92 Å². The van der Waals surface area contributed by atoms with Crippen LogP contribution < -0.4 is 15.8 Å². The van der Waals surface area contributed by atoms with E-state index in [1.54, 1.807) is 24.3 Å². The summed E-state index contributed by atoms with van der Waals surface area (Å²) in [5, 5.41) is 5.10. The van der Waals surface area contributed by atoms with Gasteiger partial charge in [0.15, 0.2) is 0 Å². The lowest BCUT2D eigenvalue weighted by molar-refractivity contribution is -0.142. The molecule has 2 N–H and O–H groups in total. The normalized spacial score (nSPS) is 18.4. The van der Waals surface area contributed by atoms with Crippen molar-refractivity contribution in [2.24, 2.45) is 0 Å². The molecule has 8 heteroatoms. The van der Waals surface area contributed by atoms with Crippen molar-refractivity contribution in [2.75, 3.05) is 17.4 Å². The van der Waals surface area contributed by atoms with Crippen molar-refractivity contribution in [2.45, 2.75) is 25.3 Å². The number of para-hydroxylation sites is 1. The van der Waals surface area contributed by atoms with Crippen molar-refractivity contribution in [3.63, 3.8) is 0 Å². The van der Waals surface area contributed by atoms with Gasteiger partial charge in [-0.2, -0.15) is 0 Å². The third-order valence-corrected chi connectivity index (χ3v) is 4.97. The van der Waals surface area contributed by atoms with Crippen LogP contribution in [-0.2, 0) is 9.53 Å². The van der Waals surface area contributed by atoms with Gasteiger partial charge >= 0.3 is 12.0 Å². The summed E-state index contributed by atoms with van der Waals surface area (Å²) in [7, 11) is 1.32. The molecular weight excluding hydrogens is 389 g/mol. The van der Waals surface area contributed by atoms with Crippen molar-refractivity contribution >= 4 is 46.6 Å². The molecule has 3 rings (SSSR count). The number of hydrazine groups is 1. The van der Waals surface area contributed by atoms with Gasteiger partial charge in [0.05, 0.1) is 12.8 Å². The lowest BCUT2D eigenvalue weighted by atomic mass is 9.87. The number of amides is 2. The van der Waals surface area contributed by atoms with Crippen LogP contribution >= 0.6 is 23.2 Å². The minimum absolute atomic E-state index is 0.0101. The Hall–Kier alpha value is -2.44. The van der Waals surface area contributed by atoms with Crippen molar-refractivity contribution < 1.29 is 14.3 Å². The van der Waals surface area contributed by atoms with Crippen LogP contribution in [0, 0.1) is 0 Å². The molecule has 2 atom stereocenters. The highest BCUT2D eigenvalue weighted by Gasteiger charge is 2.38. The van der Waals surface area contributed by atoms with E-state index < -0.39 is 18.0 Å². The zero-order chi connectivity index (χ0) is 19.6. The maximum atomic E-state index is 12.5. The van der Waals surface area contributed by atoms with Gasteiger partial charge in [0.2, 0.25) is 0 Å². The largest absolute Gasteiger partial charge is 0.467 e. The molecule has 0 saturated carbocycles. The maximum Gasteiger partial charge on any atom is 0.338 e. The smallest absolute Gasteiger partial charge is 0.338 e. The molecule has 2 aromatic rings. The van der Waals surface area contributed by atoms with Crippen molar-refractivity contribution in [3.05, 3.63) is 58.1 Å². The van der Waals surface area contributed by atoms with Crippen LogP contribution in [0.1, 0.15) is 24.8 Å². The van der Waals surface area contributed by atoms with Crippen molar-refractivity contribution in [1.29, 1.82) is 0 Å². The van der Waals surface area contributed by atoms with Gasteiger partial charge < -0.3 is 10.1 Å². The van der Waals surface area contributed by atoms with Crippen LogP contribution in [0.3, 0.4) is 0 Å². The van der Waals surface area contributed by atoms with Gasteiger partial charge in [-0.3, -0.25) is 5.01 Å². The fourth-order valence-electron chi connectivity index (χ4n) is 3.25. The summed E-state index contributed by atoms with van der Waals surface area (Å²) in [4.78, 5) is 24.9. The van der Waals surface area contributed by atoms with E-state index in [2.05, 4.69) is 10.7 Å². The van der Waals surface area contributed by atoms with Gasteiger partial charge in [-0.15, -0.1) is 0 Å². The summed E-state index contributed by atoms with van der Waals surface area (Å²) in [5.41, 5.74) is 4.75. The number of carbonyl (C=O) groups is 2. The van der Waals surface area contributed by atoms with E-state index in [1.807, 2.05) is 25.1 Å². The Morgan fingerprint density at radius 3 is 2.56 bits per heavy atom. The molecule has 0 radical (unpaired) electrons. The van der Waals surface area contributed by atoms with Gasteiger partial charge in [0.1, 0.15) is 6.04 Å². The van der Waals surface area contributed by atoms with Gasteiger partial charge in [0, 0.05) is 15.7 Å². The lowest BCUT2D eigenvalue weighted by Gasteiger charge is -2.40. The standard InChI is InChI=1S/C19H19Cl2N3O3/c1-11-8-16(18(25)27-2)24(15-10-12(20)9-14(21)17(11)15)23-19(26)22-13-6-4-3-5-7-13/h3-7,9-11,16H,8H2,1-2H3,(H2,22,23,26). The Morgan fingerprint density at radius 1 is 1.19 bits per heavy atom. The van der Waals surface area contributed by atoms with Gasteiger partial charge in [-0.1, -0.05) is 48.3 Å². The lowest BCUT2D eigenvalue weighted by Crippen LogP contribution is -2.56. The summed E-state index contributed by atoms with van der Waals surface area (Å²) in [5.74, 6) is -0.465. The molecule has 2 amide bonds. The topological polar surface area (TPSA) is 70.7 Å². The number of rotatable bonds is 3. The number of methoxy groups -OCH3 is 1. The number of carbonyl (C=O) groups excluding carboxylic acids is 2. The number of fused-ring (bicyclic) bond motifs is 1. The molecule has 0 bridgehead atoms. The predicted molar refractivity (Wildman–Crippen MR) is 106 cm³/mol. The molecule has 2 aromatic carbocycles. The molecule has 0 aliphatic carbocycles. The molecular formula is C19H19Cl2N3O3. The van der Waals surface area contributed by atoms with E-state index in [0.717, 1.165) is 5.56 Å². The first-order valence-corrected chi connectivity index (χ1v) is 9.15. The van der Waals surface area contributed by atoms with Crippen LogP contribution in [0.2, 0.25) is 10.0 Å². The fraction of sp³-hybridized carbons (Fsp3) is 0.263. The van der Waals surface area contributed by atoms with Crippen LogP contribution in [0.25, 0.3) is 0 Å². The maximum absolute atomic E-state index is 12.5. The third kappa shape index (κ3) is 4.12. The predicted octanol–water partition coefficient (Wildman–Crippen LogP) is 4.59. The number of urea groups is 1. The van der Waals surface area contributed by atoms with Crippen LogP contribution in [0.15, 0.2) is 42.5 Å². The molecule has 0 fully saturated rings. The second-order valence-electron chi connectivity index (χ2n) is 6.30. The second kappa shape index (κ2) is 8.06. The Kier molecular flexibility index (Phi) is 5.77. The number of hydrogen-bond acceptors (Lipinski definition) is 4. The second-order valence-corrected chi connectivity index (χ2v) is 7.14. The average Bonchev–Trinajstić information content (AvgIpc) is 2.63. The zero-order valence-electron chi connectivity index (χ0n) is 14.8. The third-order valence-electron chi connectivity index (χ3n) is 4.44. The van der Waals surface area contributed by atoms with E-state index in [0.29, 0.717) is 27.8 Å². The van der Waals surface area contributed by atoms with E-state index >= 15 is 0 Å². The minimum atomic E-state index is -0.700. The number of esters is 1.